The van der Waals surface area contributed by atoms with Gasteiger partial charge in [0.15, 0.2) is 11.5 Å². The maximum atomic E-state index is 5.76. The SMILES string of the molecule is COc1cccc(CCCc2c(CCN)ccc(OC)c2OC)c1.Cl. The van der Waals surface area contributed by atoms with E-state index in [0.29, 0.717) is 6.54 Å². The van der Waals surface area contributed by atoms with Gasteiger partial charge in [-0.3, -0.25) is 0 Å². The Labute approximate surface area is 156 Å². The zero-order valence-corrected chi connectivity index (χ0v) is 16.0. The summed E-state index contributed by atoms with van der Waals surface area (Å²) in [5.41, 5.74) is 9.47. The molecule has 0 saturated heterocycles. The van der Waals surface area contributed by atoms with Crippen molar-refractivity contribution in [2.75, 3.05) is 27.9 Å². The normalized spacial score (nSPS) is 10.1. The van der Waals surface area contributed by atoms with Gasteiger partial charge in [-0.2, -0.15) is 0 Å². The van der Waals surface area contributed by atoms with Crippen LogP contribution in [0.1, 0.15) is 23.1 Å². The number of ether oxygens (including phenoxy) is 3. The molecule has 25 heavy (non-hydrogen) atoms. The number of halogens is 1. The number of hydrogen-bond donors (Lipinski definition) is 1. The lowest BCUT2D eigenvalue weighted by Crippen LogP contribution is -2.08. The highest BCUT2D eigenvalue weighted by Gasteiger charge is 2.14. The molecule has 2 aromatic carbocycles. The zero-order valence-electron chi connectivity index (χ0n) is 15.2. The third-order valence-corrected chi connectivity index (χ3v) is 4.19. The molecular weight excluding hydrogens is 338 g/mol. The molecule has 0 heterocycles. The summed E-state index contributed by atoms with van der Waals surface area (Å²) in [6.45, 7) is 0.623. The maximum Gasteiger partial charge on any atom is 0.164 e. The topological polar surface area (TPSA) is 53.7 Å². The number of aryl methyl sites for hydroxylation is 1. The minimum absolute atomic E-state index is 0. The summed E-state index contributed by atoms with van der Waals surface area (Å²) in [4.78, 5) is 0. The van der Waals surface area contributed by atoms with E-state index in [2.05, 4.69) is 18.2 Å². The Morgan fingerprint density at radius 3 is 2.32 bits per heavy atom. The highest BCUT2D eigenvalue weighted by molar-refractivity contribution is 5.85. The third kappa shape index (κ3) is 5.55. The van der Waals surface area contributed by atoms with Crippen LogP contribution >= 0.6 is 12.4 Å². The predicted octanol–water partition coefficient (Wildman–Crippen LogP) is 3.81. The molecule has 0 bridgehead atoms. The van der Waals surface area contributed by atoms with E-state index in [1.807, 2.05) is 18.2 Å². The molecular formula is C20H28ClNO3. The van der Waals surface area contributed by atoms with Gasteiger partial charge in [0, 0.05) is 5.56 Å². The van der Waals surface area contributed by atoms with Crippen molar-refractivity contribution in [3.05, 3.63) is 53.1 Å². The van der Waals surface area contributed by atoms with E-state index in [9.17, 15) is 0 Å². The minimum Gasteiger partial charge on any atom is -0.497 e. The Morgan fingerprint density at radius 1 is 0.880 bits per heavy atom. The molecule has 0 saturated carbocycles. The van der Waals surface area contributed by atoms with E-state index in [1.54, 1.807) is 21.3 Å². The molecule has 138 valence electrons. The molecule has 2 rings (SSSR count). The summed E-state index contributed by atoms with van der Waals surface area (Å²) in [6.07, 6.45) is 3.77. The van der Waals surface area contributed by atoms with E-state index in [-0.39, 0.29) is 12.4 Å². The molecule has 0 radical (unpaired) electrons. The van der Waals surface area contributed by atoms with E-state index in [4.69, 9.17) is 19.9 Å². The molecule has 0 unspecified atom stereocenters. The zero-order chi connectivity index (χ0) is 17.4. The quantitative estimate of drug-likeness (QED) is 0.734. The summed E-state index contributed by atoms with van der Waals surface area (Å²) in [5.74, 6) is 2.50. The van der Waals surface area contributed by atoms with Crippen LogP contribution in [-0.2, 0) is 19.3 Å². The van der Waals surface area contributed by atoms with Crippen LogP contribution in [0.4, 0.5) is 0 Å². The van der Waals surface area contributed by atoms with Gasteiger partial charge >= 0.3 is 0 Å². The van der Waals surface area contributed by atoms with Gasteiger partial charge in [-0.15, -0.1) is 12.4 Å². The molecule has 4 nitrogen and oxygen atoms in total. The van der Waals surface area contributed by atoms with Crippen LogP contribution in [-0.4, -0.2) is 27.9 Å². The van der Waals surface area contributed by atoms with Gasteiger partial charge in [0.05, 0.1) is 21.3 Å². The number of nitrogens with two attached hydrogens (primary N) is 1. The van der Waals surface area contributed by atoms with Crippen LogP contribution in [0.25, 0.3) is 0 Å². The fourth-order valence-corrected chi connectivity index (χ4v) is 2.99. The predicted molar refractivity (Wildman–Crippen MR) is 105 cm³/mol. The average molecular weight is 366 g/mol. The lowest BCUT2D eigenvalue weighted by atomic mass is 9.96. The van der Waals surface area contributed by atoms with Crippen molar-refractivity contribution < 1.29 is 14.2 Å². The van der Waals surface area contributed by atoms with Crippen molar-refractivity contribution >= 4 is 12.4 Å². The number of hydrogen-bond acceptors (Lipinski definition) is 4. The second-order valence-electron chi connectivity index (χ2n) is 5.68. The van der Waals surface area contributed by atoms with Crippen molar-refractivity contribution in [2.24, 2.45) is 5.73 Å². The molecule has 0 atom stereocenters. The first kappa shape index (κ1) is 21.1. The number of benzene rings is 2. The van der Waals surface area contributed by atoms with Gasteiger partial charge in [-0.05, 0) is 61.6 Å². The van der Waals surface area contributed by atoms with Crippen LogP contribution in [0.5, 0.6) is 17.2 Å². The van der Waals surface area contributed by atoms with Crippen molar-refractivity contribution in [3.63, 3.8) is 0 Å². The fourth-order valence-electron chi connectivity index (χ4n) is 2.99. The van der Waals surface area contributed by atoms with Crippen molar-refractivity contribution in [1.29, 1.82) is 0 Å². The molecule has 0 aliphatic carbocycles. The van der Waals surface area contributed by atoms with E-state index in [0.717, 1.165) is 42.9 Å². The Balaban J connectivity index is 0.00000312. The van der Waals surface area contributed by atoms with Crippen molar-refractivity contribution in [3.8, 4) is 17.2 Å². The summed E-state index contributed by atoms with van der Waals surface area (Å²) >= 11 is 0. The molecule has 0 aliphatic rings. The maximum absolute atomic E-state index is 5.76. The standard InChI is InChI=1S/C20H27NO3.ClH/c1-22-17-8-4-6-15(14-17)7-5-9-18-16(12-13-21)10-11-19(23-2)20(18)24-3;/h4,6,8,10-11,14H,5,7,9,12-13,21H2,1-3H3;1H. The van der Waals surface area contributed by atoms with Crippen molar-refractivity contribution in [1.82, 2.24) is 0 Å². The van der Waals surface area contributed by atoms with Crippen molar-refractivity contribution in [2.45, 2.75) is 25.7 Å². The highest BCUT2D eigenvalue weighted by Crippen LogP contribution is 2.34. The second kappa shape index (κ2) is 10.9. The van der Waals surface area contributed by atoms with E-state index >= 15 is 0 Å². The van der Waals surface area contributed by atoms with Crippen LogP contribution < -0.4 is 19.9 Å². The van der Waals surface area contributed by atoms with E-state index < -0.39 is 0 Å². The summed E-state index contributed by atoms with van der Waals surface area (Å²) < 4.78 is 16.3. The molecule has 0 spiro atoms. The highest BCUT2D eigenvalue weighted by atomic mass is 35.5. The Morgan fingerprint density at radius 2 is 1.68 bits per heavy atom. The first-order chi connectivity index (χ1) is 11.7. The Hall–Kier alpha value is -1.91. The molecule has 0 fully saturated rings. The summed E-state index contributed by atoms with van der Waals surface area (Å²) in [6, 6.07) is 12.3. The first-order valence-corrected chi connectivity index (χ1v) is 8.29. The van der Waals surface area contributed by atoms with Gasteiger partial charge in [-0.25, -0.2) is 0 Å². The summed E-state index contributed by atoms with van der Waals surface area (Å²) in [7, 11) is 5.05. The van der Waals surface area contributed by atoms with E-state index in [1.165, 1.54) is 16.7 Å². The number of methoxy groups -OCH3 is 3. The van der Waals surface area contributed by atoms with Gasteiger partial charge in [0.1, 0.15) is 5.75 Å². The Kier molecular flexibility index (Phi) is 9.17. The molecule has 0 aromatic heterocycles. The summed E-state index contributed by atoms with van der Waals surface area (Å²) in [5, 5.41) is 0. The second-order valence-corrected chi connectivity index (χ2v) is 5.68. The lowest BCUT2D eigenvalue weighted by molar-refractivity contribution is 0.351. The van der Waals surface area contributed by atoms with Crippen LogP contribution in [0, 0.1) is 0 Å². The first-order valence-electron chi connectivity index (χ1n) is 8.29. The fraction of sp³-hybridized carbons (Fsp3) is 0.400. The molecule has 0 aliphatic heterocycles. The minimum atomic E-state index is 0. The molecule has 0 amide bonds. The van der Waals surface area contributed by atoms with Gasteiger partial charge in [0.25, 0.3) is 0 Å². The van der Waals surface area contributed by atoms with Gasteiger partial charge in [-0.1, -0.05) is 18.2 Å². The van der Waals surface area contributed by atoms with Gasteiger partial charge < -0.3 is 19.9 Å². The number of rotatable bonds is 9. The van der Waals surface area contributed by atoms with Crippen LogP contribution in [0.2, 0.25) is 0 Å². The van der Waals surface area contributed by atoms with Crippen LogP contribution in [0.15, 0.2) is 36.4 Å². The average Bonchev–Trinajstić information content (AvgIpc) is 2.62. The molecule has 2 N–H and O–H groups in total. The monoisotopic (exact) mass is 365 g/mol. The Bertz CT molecular complexity index is 661. The molecule has 5 heteroatoms. The van der Waals surface area contributed by atoms with Gasteiger partial charge in [0.2, 0.25) is 0 Å². The third-order valence-electron chi connectivity index (χ3n) is 4.19. The largest absolute Gasteiger partial charge is 0.497 e. The molecule has 2 aromatic rings. The van der Waals surface area contributed by atoms with Crippen LogP contribution in [0.3, 0.4) is 0 Å². The smallest absolute Gasteiger partial charge is 0.164 e. The lowest BCUT2D eigenvalue weighted by Gasteiger charge is -2.17.